The Labute approximate surface area is 110 Å². The maximum absolute atomic E-state index is 13.3. The van der Waals surface area contributed by atoms with Crippen LogP contribution in [0.2, 0.25) is 0 Å². The molecule has 2 rings (SSSR count). The molecular formula is C16H24FN. The van der Waals surface area contributed by atoms with Crippen LogP contribution in [0.4, 0.5) is 4.39 Å². The molecule has 18 heavy (non-hydrogen) atoms. The molecule has 1 aliphatic rings. The van der Waals surface area contributed by atoms with Crippen molar-refractivity contribution in [2.24, 2.45) is 5.92 Å². The van der Waals surface area contributed by atoms with E-state index in [-0.39, 0.29) is 5.82 Å². The Morgan fingerprint density at radius 2 is 2.00 bits per heavy atom. The van der Waals surface area contributed by atoms with Crippen LogP contribution in [0, 0.1) is 18.7 Å². The van der Waals surface area contributed by atoms with Crippen molar-refractivity contribution in [1.29, 1.82) is 0 Å². The van der Waals surface area contributed by atoms with Gasteiger partial charge >= 0.3 is 0 Å². The molecule has 0 bridgehead atoms. The number of nitrogens with one attached hydrogen (secondary N) is 1. The van der Waals surface area contributed by atoms with Crippen LogP contribution in [0.1, 0.15) is 43.2 Å². The Morgan fingerprint density at radius 3 is 2.78 bits per heavy atom. The smallest absolute Gasteiger partial charge is 0.123 e. The van der Waals surface area contributed by atoms with Crippen LogP contribution in [0.5, 0.6) is 0 Å². The molecule has 0 amide bonds. The average Bonchev–Trinajstić information content (AvgIpc) is 2.59. The Bertz CT molecular complexity index is 389. The van der Waals surface area contributed by atoms with Gasteiger partial charge in [-0.25, -0.2) is 4.39 Å². The van der Waals surface area contributed by atoms with Gasteiger partial charge in [0.15, 0.2) is 0 Å². The molecule has 0 radical (unpaired) electrons. The van der Waals surface area contributed by atoms with E-state index in [2.05, 4.69) is 19.3 Å². The van der Waals surface area contributed by atoms with Crippen molar-refractivity contribution in [3.63, 3.8) is 0 Å². The first-order valence-electron chi connectivity index (χ1n) is 7.13. The van der Waals surface area contributed by atoms with Gasteiger partial charge in [-0.1, -0.05) is 25.3 Å². The average molecular weight is 249 g/mol. The van der Waals surface area contributed by atoms with E-state index >= 15 is 0 Å². The van der Waals surface area contributed by atoms with E-state index in [1.807, 2.05) is 6.07 Å². The van der Waals surface area contributed by atoms with Gasteiger partial charge in [0.1, 0.15) is 5.82 Å². The minimum atomic E-state index is -0.106. The van der Waals surface area contributed by atoms with E-state index in [1.54, 1.807) is 12.1 Å². The van der Waals surface area contributed by atoms with Gasteiger partial charge in [0, 0.05) is 6.04 Å². The molecule has 0 aromatic heterocycles. The highest BCUT2D eigenvalue weighted by Gasteiger charge is 2.23. The van der Waals surface area contributed by atoms with E-state index < -0.39 is 0 Å². The number of hydrogen-bond donors (Lipinski definition) is 1. The fourth-order valence-electron chi connectivity index (χ4n) is 3.15. The third kappa shape index (κ3) is 3.32. The Balaban J connectivity index is 2.12. The third-order valence-corrected chi connectivity index (χ3v) is 4.32. The topological polar surface area (TPSA) is 12.0 Å². The summed E-state index contributed by atoms with van der Waals surface area (Å²) < 4.78 is 13.3. The van der Waals surface area contributed by atoms with Gasteiger partial charge in [-0.05, 0) is 62.4 Å². The Morgan fingerprint density at radius 1 is 1.22 bits per heavy atom. The third-order valence-electron chi connectivity index (χ3n) is 4.32. The zero-order valence-corrected chi connectivity index (χ0v) is 11.5. The van der Waals surface area contributed by atoms with Crippen LogP contribution < -0.4 is 5.32 Å². The van der Waals surface area contributed by atoms with Crippen molar-refractivity contribution in [1.82, 2.24) is 5.32 Å². The number of halogens is 1. The molecule has 1 aliphatic carbocycles. The normalized spacial score (nSPS) is 24.8. The highest BCUT2D eigenvalue weighted by atomic mass is 19.1. The number of rotatable bonds is 3. The maximum Gasteiger partial charge on any atom is 0.123 e. The van der Waals surface area contributed by atoms with Crippen molar-refractivity contribution in [3.05, 3.63) is 35.1 Å². The lowest BCUT2D eigenvalue weighted by Gasteiger charge is -2.25. The molecule has 0 aliphatic heterocycles. The highest BCUT2D eigenvalue weighted by Crippen LogP contribution is 2.27. The zero-order chi connectivity index (χ0) is 13.0. The first-order chi connectivity index (χ1) is 8.70. The minimum Gasteiger partial charge on any atom is -0.317 e. The van der Waals surface area contributed by atoms with Gasteiger partial charge in [0.05, 0.1) is 0 Å². The van der Waals surface area contributed by atoms with Crippen LogP contribution in [-0.4, -0.2) is 13.1 Å². The van der Waals surface area contributed by atoms with E-state index in [1.165, 1.54) is 43.2 Å². The molecule has 0 spiro atoms. The van der Waals surface area contributed by atoms with Crippen molar-refractivity contribution >= 4 is 0 Å². The van der Waals surface area contributed by atoms with E-state index in [9.17, 15) is 4.39 Å². The quantitative estimate of drug-likeness (QED) is 0.802. The number of benzene rings is 1. The molecule has 2 heteroatoms. The van der Waals surface area contributed by atoms with Crippen LogP contribution in [0.15, 0.2) is 18.2 Å². The SMILES string of the molecule is CNC1CCCCCC1Cc1cc(F)ccc1C. The molecule has 2 atom stereocenters. The zero-order valence-electron chi connectivity index (χ0n) is 11.5. The summed E-state index contributed by atoms with van der Waals surface area (Å²) in [5, 5.41) is 3.45. The monoisotopic (exact) mass is 249 g/mol. The second-order valence-electron chi connectivity index (χ2n) is 5.57. The summed E-state index contributed by atoms with van der Waals surface area (Å²) in [6, 6.07) is 5.76. The molecule has 1 saturated carbocycles. The van der Waals surface area contributed by atoms with Gasteiger partial charge in [-0.3, -0.25) is 0 Å². The maximum atomic E-state index is 13.3. The van der Waals surface area contributed by atoms with Crippen molar-refractivity contribution in [2.45, 2.75) is 51.5 Å². The molecule has 1 aromatic carbocycles. The van der Waals surface area contributed by atoms with Crippen LogP contribution in [0.3, 0.4) is 0 Å². The van der Waals surface area contributed by atoms with Gasteiger partial charge in [0.25, 0.3) is 0 Å². The number of aryl methyl sites for hydroxylation is 1. The molecule has 1 aromatic rings. The van der Waals surface area contributed by atoms with Crippen molar-refractivity contribution in [3.8, 4) is 0 Å². The molecule has 100 valence electrons. The van der Waals surface area contributed by atoms with Gasteiger partial charge in [-0.15, -0.1) is 0 Å². The predicted octanol–water partition coefficient (Wildman–Crippen LogP) is 3.84. The van der Waals surface area contributed by atoms with Crippen molar-refractivity contribution < 1.29 is 4.39 Å². The molecule has 2 unspecified atom stereocenters. The first kappa shape index (κ1) is 13.5. The summed E-state index contributed by atoms with van der Waals surface area (Å²) in [6.07, 6.45) is 7.52. The first-order valence-corrected chi connectivity index (χ1v) is 7.13. The van der Waals surface area contributed by atoms with E-state index in [4.69, 9.17) is 0 Å². The molecule has 0 saturated heterocycles. The molecule has 0 heterocycles. The van der Waals surface area contributed by atoms with Crippen LogP contribution >= 0.6 is 0 Å². The summed E-state index contributed by atoms with van der Waals surface area (Å²) in [5.41, 5.74) is 2.40. The summed E-state index contributed by atoms with van der Waals surface area (Å²) in [5.74, 6) is 0.545. The summed E-state index contributed by atoms with van der Waals surface area (Å²) in [4.78, 5) is 0. The Hall–Kier alpha value is -0.890. The molecular weight excluding hydrogens is 225 g/mol. The molecule has 1 nitrogen and oxygen atoms in total. The van der Waals surface area contributed by atoms with E-state index in [0.29, 0.717) is 12.0 Å². The van der Waals surface area contributed by atoms with Crippen molar-refractivity contribution in [2.75, 3.05) is 7.05 Å². The molecule has 1 fully saturated rings. The lowest BCUT2D eigenvalue weighted by atomic mass is 9.87. The number of hydrogen-bond acceptors (Lipinski definition) is 1. The second-order valence-corrected chi connectivity index (χ2v) is 5.57. The summed E-state index contributed by atoms with van der Waals surface area (Å²) >= 11 is 0. The second kappa shape index (κ2) is 6.33. The van der Waals surface area contributed by atoms with Gasteiger partial charge < -0.3 is 5.32 Å². The fourth-order valence-corrected chi connectivity index (χ4v) is 3.15. The Kier molecular flexibility index (Phi) is 4.76. The highest BCUT2D eigenvalue weighted by molar-refractivity contribution is 5.27. The summed E-state index contributed by atoms with van der Waals surface area (Å²) in [6.45, 7) is 2.08. The molecule has 1 N–H and O–H groups in total. The summed E-state index contributed by atoms with van der Waals surface area (Å²) in [7, 11) is 2.06. The largest absolute Gasteiger partial charge is 0.317 e. The van der Waals surface area contributed by atoms with Gasteiger partial charge in [0.2, 0.25) is 0 Å². The fraction of sp³-hybridized carbons (Fsp3) is 0.625. The minimum absolute atomic E-state index is 0.106. The lowest BCUT2D eigenvalue weighted by Crippen LogP contribution is -2.34. The lowest BCUT2D eigenvalue weighted by molar-refractivity contribution is 0.349. The standard InChI is InChI=1S/C16H24FN/c1-12-8-9-15(17)11-14(12)10-13-6-4-3-5-7-16(13)18-2/h8-9,11,13,16,18H,3-7,10H2,1-2H3. The van der Waals surface area contributed by atoms with Gasteiger partial charge in [-0.2, -0.15) is 0 Å². The predicted molar refractivity (Wildman–Crippen MR) is 74.3 cm³/mol. The van der Waals surface area contributed by atoms with E-state index in [0.717, 1.165) is 6.42 Å². The van der Waals surface area contributed by atoms with Crippen LogP contribution in [-0.2, 0) is 6.42 Å². The van der Waals surface area contributed by atoms with Crippen LogP contribution in [0.25, 0.3) is 0 Å².